The van der Waals surface area contributed by atoms with E-state index in [4.69, 9.17) is 14.6 Å². The van der Waals surface area contributed by atoms with Gasteiger partial charge in [-0.3, -0.25) is 4.79 Å². The number of hydrogen-bond donors (Lipinski definition) is 2. The number of aliphatic hydroxyl groups excluding tert-OH is 2. The second-order valence-electron chi connectivity index (χ2n) is 8.09. The van der Waals surface area contributed by atoms with Crippen molar-refractivity contribution < 1.29 is 24.5 Å². The summed E-state index contributed by atoms with van der Waals surface area (Å²) in [5.74, 6) is 1.45. The Morgan fingerprint density at radius 3 is 2.45 bits per heavy atom. The van der Waals surface area contributed by atoms with E-state index in [0.29, 0.717) is 17.9 Å². The third-order valence-electron chi connectivity index (χ3n) is 5.87. The maximum atomic E-state index is 13.4. The van der Waals surface area contributed by atoms with Crippen molar-refractivity contribution in [2.45, 2.75) is 38.7 Å². The predicted molar refractivity (Wildman–Crippen MR) is 111 cm³/mol. The van der Waals surface area contributed by atoms with Crippen LogP contribution in [0.5, 0.6) is 11.5 Å². The van der Waals surface area contributed by atoms with Crippen LogP contribution in [0.15, 0.2) is 42.0 Å². The molecule has 2 aliphatic rings. The molecule has 0 saturated carbocycles. The molecule has 152 valence electrons. The van der Waals surface area contributed by atoms with Gasteiger partial charge in [0, 0.05) is 16.6 Å². The van der Waals surface area contributed by atoms with Gasteiger partial charge in [0.2, 0.25) is 0 Å². The molecule has 0 radical (unpaired) electrons. The number of aliphatic hydroxyl groups is 2. The summed E-state index contributed by atoms with van der Waals surface area (Å²) in [5, 5.41) is 18.5. The highest BCUT2D eigenvalue weighted by molar-refractivity contribution is 6.33. The monoisotopic (exact) mass is 394 g/mol. The van der Waals surface area contributed by atoms with Crippen LogP contribution < -0.4 is 9.47 Å². The first-order valence-corrected chi connectivity index (χ1v) is 9.97. The number of benzene rings is 2. The highest BCUT2D eigenvalue weighted by Gasteiger charge is 2.43. The molecule has 5 heteroatoms. The first kappa shape index (κ1) is 19.7. The van der Waals surface area contributed by atoms with Crippen LogP contribution in [-0.4, -0.2) is 41.9 Å². The highest BCUT2D eigenvalue weighted by atomic mass is 16.5. The number of allylic oxidation sites excluding steroid dienone is 2. The van der Waals surface area contributed by atoms with Gasteiger partial charge in [-0.1, -0.05) is 19.9 Å². The molecular weight excluding hydrogens is 368 g/mol. The summed E-state index contributed by atoms with van der Waals surface area (Å²) in [6.45, 7) is 6.48. The topological polar surface area (TPSA) is 76.0 Å². The van der Waals surface area contributed by atoms with Gasteiger partial charge in [0.05, 0.1) is 13.2 Å². The quantitative estimate of drug-likeness (QED) is 0.786. The van der Waals surface area contributed by atoms with Crippen LogP contribution in [-0.2, 0) is 11.8 Å². The lowest BCUT2D eigenvalue weighted by atomic mass is 9.68. The maximum absolute atomic E-state index is 13.4. The Morgan fingerprint density at radius 1 is 1.07 bits per heavy atom. The summed E-state index contributed by atoms with van der Waals surface area (Å²) in [5.41, 5.74) is 5.33. The van der Waals surface area contributed by atoms with Crippen LogP contribution >= 0.6 is 0 Å². The molecule has 2 aliphatic carbocycles. The maximum Gasteiger partial charge on any atom is 0.193 e. The third-order valence-corrected chi connectivity index (χ3v) is 5.87. The molecule has 0 heterocycles. The largest absolute Gasteiger partial charge is 0.494 e. The second kappa shape index (κ2) is 7.32. The number of ether oxygens (including phenoxy) is 2. The summed E-state index contributed by atoms with van der Waals surface area (Å²) in [6, 6.07) is 11.4. The van der Waals surface area contributed by atoms with Gasteiger partial charge >= 0.3 is 0 Å². The number of ketones is 1. The van der Waals surface area contributed by atoms with Crippen molar-refractivity contribution in [1.29, 1.82) is 0 Å². The molecule has 0 saturated heterocycles. The number of hydrogen-bond acceptors (Lipinski definition) is 5. The van der Waals surface area contributed by atoms with Gasteiger partial charge in [-0.2, -0.15) is 0 Å². The average molecular weight is 394 g/mol. The Labute approximate surface area is 170 Å². The summed E-state index contributed by atoms with van der Waals surface area (Å²) in [7, 11) is 0. The Kier molecular flexibility index (Phi) is 4.97. The SMILES string of the molecule is CCOc1ccc2c(c1)CC1=C2C(=O)c2ccc(OC[C@H](O)CO)cc2C1(C)C. The van der Waals surface area contributed by atoms with Crippen LogP contribution in [0, 0.1) is 0 Å². The van der Waals surface area contributed by atoms with Crippen LogP contribution in [0.2, 0.25) is 0 Å². The summed E-state index contributed by atoms with van der Waals surface area (Å²) in [4.78, 5) is 13.4. The van der Waals surface area contributed by atoms with E-state index < -0.39 is 6.10 Å². The molecule has 0 bridgehead atoms. The number of rotatable bonds is 6. The second-order valence-corrected chi connectivity index (χ2v) is 8.09. The van der Waals surface area contributed by atoms with Crippen LogP contribution in [0.3, 0.4) is 0 Å². The normalized spacial score (nSPS) is 17.5. The van der Waals surface area contributed by atoms with E-state index in [0.717, 1.165) is 40.0 Å². The van der Waals surface area contributed by atoms with Crippen molar-refractivity contribution in [3.8, 4) is 11.5 Å². The van der Waals surface area contributed by atoms with Gasteiger partial charge in [0.1, 0.15) is 24.2 Å². The van der Waals surface area contributed by atoms with E-state index in [1.165, 1.54) is 0 Å². The van der Waals surface area contributed by atoms with Crippen LogP contribution in [0.4, 0.5) is 0 Å². The van der Waals surface area contributed by atoms with E-state index in [-0.39, 0.29) is 24.4 Å². The lowest BCUT2D eigenvalue weighted by molar-refractivity contribution is 0.0535. The molecule has 0 spiro atoms. The molecule has 4 rings (SSSR count). The van der Waals surface area contributed by atoms with Gasteiger partial charge in [-0.25, -0.2) is 0 Å². The minimum absolute atomic E-state index is 0.00323. The molecule has 5 nitrogen and oxygen atoms in total. The van der Waals surface area contributed by atoms with Gasteiger partial charge in [-0.05, 0) is 65.9 Å². The first-order valence-electron chi connectivity index (χ1n) is 9.97. The minimum atomic E-state index is -0.932. The number of Topliss-reactive ketones (excluding diaryl/α,β-unsaturated/α-hetero) is 1. The first-order chi connectivity index (χ1) is 13.9. The van der Waals surface area contributed by atoms with Crippen LogP contribution in [0.25, 0.3) is 5.57 Å². The molecule has 2 aromatic rings. The van der Waals surface area contributed by atoms with E-state index in [2.05, 4.69) is 13.8 Å². The average Bonchev–Trinajstić information content (AvgIpc) is 3.10. The molecular formula is C24H26O5. The van der Waals surface area contributed by atoms with Crippen molar-refractivity contribution in [2.24, 2.45) is 0 Å². The van der Waals surface area contributed by atoms with Crippen molar-refractivity contribution in [3.63, 3.8) is 0 Å². The van der Waals surface area contributed by atoms with E-state index in [1.807, 2.05) is 31.2 Å². The predicted octanol–water partition coefficient (Wildman–Crippen LogP) is 3.30. The summed E-state index contributed by atoms with van der Waals surface area (Å²) >= 11 is 0. The molecule has 2 N–H and O–H groups in total. The molecule has 0 unspecified atom stereocenters. The standard InChI is InChI=1S/C24H26O5/c1-4-28-16-5-7-18-14(9-16)10-21-22(18)23(27)19-8-6-17(29-13-15(26)12-25)11-20(19)24(21,2)3/h5-9,11,15,25-26H,4,10,12-13H2,1-3H3/t15-/m1/s1. The third kappa shape index (κ3) is 3.24. The van der Waals surface area contributed by atoms with Gasteiger partial charge < -0.3 is 19.7 Å². The Hall–Kier alpha value is -2.63. The van der Waals surface area contributed by atoms with Crippen molar-refractivity contribution in [2.75, 3.05) is 19.8 Å². The number of carbonyl (C=O) groups is 1. The highest BCUT2D eigenvalue weighted by Crippen LogP contribution is 2.50. The number of carbonyl (C=O) groups excluding carboxylic acids is 1. The molecule has 1 atom stereocenters. The Bertz CT molecular complexity index is 1000. The fourth-order valence-electron chi connectivity index (χ4n) is 4.32. The van der Waals surface area contributed by atoms with E-state index >= 15 is 0 Å². The smallest absolute Gasteiger partial charge is 0.193 e. The molecule has 0 aliphatic heterocycles. The Morgan fingerprint density at radius 2 is 1.76 bits per heavy atom. The van der Waals surface area contributed by atoms with Crippen molar-refractivity contribution in [1.82, 2.24) is 0 Å². The van der Waals surface area contributed by atoms with Crippen molar-refractivity contribution in [3.05, 3.63) is 64.2 Å². The van der Waals surface area contributed by atoms with Crippen LogP contribution in [0.1, 0.15) is 47.8 Å². The molecule has 29 heavy (non-hydrogen) atoms. The summed E-state index contributed by atoms with van der Waals surface area (Å²) < 4.78 is 11.3. The minimum Gasteiger partial charge on any atom is -0.494 e. The van der Waals surface area contributed by atoms with Gasteiger partial charge in [-0.15, -0.1) is 0 Å². The number of fused-ring (bicyclic) bond motifs is 3. The van der Waals surface area contributed by atoms with Crippen molar-refractivity contribution >= 4 is 11.4 Å². The zero-order valence-corrected chi connectivity index (χ0v) is 17.0. The zero-order valence-electron chi connectivity index (χ0n) is 17.0. The molecule has 0 amide bonds. The van der Waals surface area contributed by atoms with Gasteiger partial charge in [0.15, 0.2) is 5.78 Å². The molecule has 0 fully saturated rings. The van der Waals surface area contributed by atoms with E-state index in [1.54, 1.807) is 12.1 Å². The lowest BCUT2D eigenvalue weighted by Gasteiger charge is -2.34. The van der Waals surface area contributed by atoms with E-state index in [9.17, 15) is 9.90 Å². The van der Waals surface area contributed by atoms with Gasteiger partial charge in [0.25, 0.3) is 0 Å². The molecule has 2 aromatic carbocycles. The molecule has 0 aromatic heterocycles. The fraction of sp³-hybridized carbons (Fsp3) is 0.375. The Balaban J connectivity index is 1.72. The lowest BCUT2D eigenvalue weighted by Crippen LogP contribution is -2.30. The summed E-state index contributed by atoms with van der Waals surface area (Å²) in [6.07, 6.45) is -0.211. The fourth-order valence-corrected chi connectivity index (χ4v) is 4.32. The zero-order chi connectivity index (χ0) is 20.8.